The van der Waals surface area contributed by atoms with E-state index in [9.17, 15) is 27.1 Å². The highest BCUT2D eigenvalue weighted by molar-refractivity contribution is 7.89. The predicted molar refractivity (Wildman–Crippen MR) is 133 cm³/mol. The second-order valence-electron chi connectivity index (χ2n) is 9.43. The Bertz CT molecular complexity index is 1310. The van der Waals surface area contributed by atoms with E-state index in [0.29, 0.717) is 16.6 Å². The van der Waals surface area contributed by atoms with Crippen molar-refractivity contribution in [2.75, 3.05) is 0 Å². The third-order valence-corrected chi connectivity index (χ3v) is 7.19. The number of halogens is 2. The highest BCUT2D eigenvalue weighted by Gasteiger charge is 2.32. The number of amides is 1. The van der Waals surface area contributed by atoms with Crippen LogP contribution < -0.4 is 10.5 Å². The van der Waals surface area contributed by atoms with E-state index in [1.165, 1.54) is 38.2 Å². The van der Waals surface area contributed by atoms with Crippen LogP contribution in [0.3, 0.4) is 0 Å². The standard InChI is InChI=1S/C25H30F2N4O4S/c1-25(2,27)11-10-18(36(28,34)35)14-23(32)21(13-16-6-5-7-17(26)12-16)31-24(33)22-15-29-19-8-3-4-9-20(19)30-22/h3-9,12,15,18,21,23,32H,10-11,13-14H2,1-2H3,(H,31,33)(H2,28,34,35)/t18-,21+,23+/m1/s1. The molecule has 3 atom stereocenters. The van der Waals surface area contributed by atoms with Crippen LogP contribution in [0.5, 0.6) is 0 Å². The molecule has 194 valence electrons. The summed E-state index contributed by atoms with van der Waals surface area (Å²) in [5, 5.41) is 17.8. The molecule has 11 heteroatoms. The van der Waals surface area contributed by atoms with Crippen molar-refractivity contribution in [2.24, 2.45) is 5.14 Å². The highest BCUT2D eigenvalue weighted by atomic mass is 32.2. The third-order valence-electron chi connectivity index (χ3n) is 5.84. The average molecular weight is 521 g/mol. The number of aliphatic hydroxyl groups excluding tert-OH is 1. The van der Waals surface area contributed by atoms with E-state index in [1.807, 2.05) is 0 Å². The van der Waals surface area contributed by atoms with Gasteiger partial charge in [-0.05, 0) is 69.4 Å². The van der Waals surface area contributed by atoms with Crippen molar-refractivity contribution in [1.29, 1.82) is 0 Å². The molecule has 8 nitrogen and oxygen atoms in total. The maximum Gasteiger partial charge on any atom is 0.271 e. The van der Waals surface area contributed by atoms with E-state index in [0.717, 1.165) is 0 Å². The molecule has 0 unspecified atom stereocenters. The lowest BCUT2D eigenvalue weighted by Gasteiger charge is -2.28. The van der Waals surface area contributed by atoms with E-state index >= 15 is 0 Å². The van der Waals surface area contributed by atoms with Crippen LogP contribution in [0.1, 0.15) is 49.2 Å². The number of nitrogens with one attached hydrogen (secondary N) is 1. The van der Waals surface area contributed by atoms with E-state index in [1.54, 1.807) is 30.3 Å². The number of rotatable bonds is 11. The van der Waals surface area contributed by atoms with Crippen LogP contribution in [-0.4, -0.2) is 52.5 Å². The second kappa shape index (κ2) is 11.4. The summed E-state index contributed by atoms with van der Waals surface area (Å²) in [7, 11) is -4.12. The van der Waals surface area contributed by atoms with Crippen LogP contribution in [0.15, 0.2) is 54.7 Å². The molecule has 0 saturated heterocycles. The fraction of sp³-hybridized carbons (Fsp3) is 0.400. The molecule has 1 aromatic heterocycles. The van der Waals surface area contributed by atoms with Gasteiger partial charge in [-0.25, -0.2) is 27.3 Å². The predicted octanol–water partition coefficient (Wildman–Crippen LogP) is 3.05. The molecular weight excluding hydrogens is 490 g/mol. The first kappa shape index (κ1) is 27.6. The molecule has 0 spiro atoms. The zero-order valence-electron chi connectivity index (χ0n) is 20.1. The number of nitrogens with two attached hydrogens (primary N) is 1. The summed E-state index contributed by atoms with van der Waals surface area (Å²) in [6.45, 7) is 2.64. The number of aromatic nitrogens is 2. The number of benzene rings is 2. The van der Waals surface area contributed by atoms with Gasteiger partial charge in [0, 0.05) is 0 Å². The molecule has 0 fully saturated rings. The van der Waals surface area contributed by atoms with Crippen LogP contribution >= 0.6 is 0 Å². The minimum absolute atomic E-state index is 0.00236. The number of carbonyl (C=O) groups excluding carboxylic acids is 1. The monoisotopic (exact) mass is 520 g/mol. The summed E-state index contributed by atoms with van der Waals surface area (Å²) in [5.74, 6) is -1.15. The lowest BCUT2D eigenvalue weighted by molar-refractivity contribution is 0.0801. The van der Waals surface area contributed by atoms with Crippen LogP contribution in [0, 0.1) is 5.82 Å². The van der Waals surface area contributed by atoms with E-state index < -0.39 is 44.8 Å². The first-order chi connectivity index (χ1) is 16.8. The summed E-state index contributed by atoms with van der Waals surface area (Å²) >= 11 is 0. The van der Waals surface area contributed by atoms with Crippen molar-refractivity contribution in [3.8, 4) is 0 Å². The van der Waals surface area contributed by atoms with Gasteiger partial charge in [0.05, 0.1) is 34.6 Å². The molecule has 36 heavy (non-hydrogen) atoms. The third kappa shape index (κ3) is 8.00. The maximum atomic E-state index is 14.0. The van der Waals surface area contributed by atoms with Crippen molar-refractivity contribution in [1.82, 2.24) is 15.3 Å². The van der Waals surface area contributed by atoms with E-state index in [2.05, 4.69) is 15.3 Å². The molecule has 3 aromatic rings. The largest absolute Gasteiger partial charge is 0.391 e. The van der Waals surface area contributed by atoms with E-state index in [4.69, 9.17) is 5.14 Å². The molecule has 0 aliphatic heterocycles. The van der Waals surface area contributed by atoms with Gasteiger partial charge in [0.1, 0.15) is 17.2 Å². The summed E-state index contributed by atoms with van der Waals surface area (Å²) in [6, 6.07) is 11.6. The normalized spacial score (nSPS) is 14.8. The molecule has 1 heterocycles. The summed E-state index contributed by atoms with van der Waals surface area (Å²) < 4.78 is 52.1. The van der Waals surface area contributed by atoms with Crippen molar-refractivity contribution < 1.29 is 27.1 Å². The Morgan fingerprint density at radius 3 is 2.50 bits per heavy atom. The first-order valence-corrected chi connectivity index (χ1v) is 13.1. The Morgan fingerprint density at radius 2 is 1.86 bits per heavy atom. The molecular formula is C25H30F2N4O4S. The maximum absolute atomic E-state index is 14.0. The van der Waals surface area contributed by atoms with Crippen molar-refractivity contribution in [3.63, 3.8) is 0 Å². The number of primary sulfonamides is 1. The number of para-hydroxylation sites is 2. The zero-order valence-corrected chi connectivity index (χ0v) is 20.9. The fourth-order valence-corrected chi connectivity index (χ4v) is 4.78. The highest BCUT2D eigenvalue weighted by Crippen LogP contribution is 2.23. The van der Waals surface area contributed by atoms with E-state index in [-0.39, 0.29) is 31.4 Å². The van der Waals surface area contributed by atoms with Gasteiger partial charge >= 0.3 is 0 Å². The van der Waals surface area contributed by atoms with Crippen molar-refractivity contribution in [2.45, 2.75) is 62.6 Å². The Hall–Kier alpha value is -3.02. The number of sulfonamides is 1. The molecule has 0 aliphatic rings. The number of hydrogen-bond donors (Lipinski definition) is 3. The van der Waals surface area contributed by atoms with Crippen LogP contribution in [0.25, 0.3) is 11.0 Å². The van der Waals surface area contributed by atoms with Gasteiger partial charge in [0.25, 0.3) is 5.91 Å². The summed E-state index contributed by atoms with van der Waals surface area (Å²) in [6.07, 6.45) is -0.655. The fourth-order valence-electron chi connectivity index (χ4n) is 3.86. The summed E-state index contributed by atoms with van der Waals surface area (Å²) in [4.78, 5) is 21.5. The average Bonchev–Trinajstić information content (AvgIpc) is 2.79. The Labute approximate surface area is 209 Å². The molecule has 1 amide bonds. The number of fused-ring (bicyclic) bond motifs is 1. The Balaban J connectivity index is 1.85. The molecule has 0 saturated carbocycles. The van der Waals surface area contributed by atoms with Gasteiger partial charge in [-0.15, -0.1) is 0 Å². The minimum Gasteiger partial charge on any atom is -0.391 e. The number of carbonyl (C=O) groups is 1. The molecule has 0 bridgehead atoms. The SMILES string of the molecule is CC(C)(F)CC[C@H](C[C@H](O)[C@H](Cc1cccc(F)c1)NC(=O)c1cnc2ccccc2n1)S(N)(=O)=O. The Morgan fingerprint density at radius 1 is 1.17 bits per heavy atom. The zero-order chi connectivity index (χ0) is 26.5. The molecule has 0 radical (unpaired) electrons. The molecule has 3 rings (SSSR count). The second-order valence-corrected chi connectivity index (χ2v) is 11.3. The van der Waals surface area contributed by atoms with Crippen LogP contribution in [0.2, 0.25) is 0 Å². The number of nitrogens with zero attached hydrogens (tertiary/aromatic N) is 2. The van der Waals surface area contributed by atoms with Crippen molar-refractivity contribution >= 4 is 27.0 Å². The molecule has 0 aliphatic carbocycles. The minimum atomic E-state index is -4.12. The number of hydrogen-bond acceptors (Lipinski definition) is 6. The molecule has 4 N–H and O–H groups in total. The Kier molecular flexibility index (Phi) is 8.70. The first-order valence-electron chi connectivity index (χ1n) is 11.5. The van der Waals surface area contributed by atoms with Crippen LogP contribution in [0.4, 0.5) is 8.78 Å². The van der Waals surface area contributed by atoms with Gasteiger partial charge in [-0.1, -0.05) is 24.3 Å². The van der Waals surface area contributed by atoms with Gasteiger partial charge in [0.15, 0.2) is 0 Å². The lowest BCUT2D eigenvalue weighted by atomic mass is 9.95. The van der Waals surface area contributed by atoms with Crippen molar-refractivity contribution in [3.05, 3.63) is 71.8 Å². The topological polar surface area (TPSA) is 135 Å². The van der Waals surface area contributed by atoms with Gasteiger partial charge in [-0.3, -0.25) is 9.78 Å². The molecule has 2 aromatic carbocycles. The van der Waals surface area contributed by atoms with Gasteiger partial charge in [-0.2, -0.15) is 0 Å². The number of aliphatic hydroxyl groups is 1. The lowest BCUT2D eigenvalue weighted by Crippen LogP contribution is -2.47. The van der Waals surface area contributed by atoms with Gasteiger partial charge < -0.3 is 10.4 Å². The number of alkyl halides is 1. The quantitative estimate of drug-likeness (QED) is 0.356. The van der Waals surface area contributed by atoms with Crippen LogP contribution in [-0.2, 0) is 16.4 Å². The smallest absolute Gasteiger partial charge is 0.271 e. The summed E-state index contributed by atoms with van der Waals surface area (Å²) in [5.41, 5.74) is -0.0707. The van der Waals surface area contributed by atoms with Gasteiger partial charge in [0.2, 0.25) is 10.0 Å².